The Labute approximate surface area is 157 Å². The van der Waals surface area contributed by atoms with Gasteiger partial charge in [0.15, 0.2) is 0 Å². The summed E-state index contributed by atoms with van der Waals surface area (Å²) >= 11 is 5.95. The van der Waals surface area contributed by atoms with Crippen molar-refractivity contribution in [1.82, 2.24) is 9.55 Å². The van der Waals surface area contributed by atoms with Gasteiger partial charge in [-0.25, -0.2) is 4.98 Å². The summed E-state index contributed by atoms with van der Waals surface area (Å²) in [6.07, 6.45) is 16.1. The Balaban J connectivity index is 1.75. The summed E-state index contributed by atoms with van der Waals surface area (Å²) in [5, 5.41) is 0.771. The quantitative estimate of drug-likeness (QED) is 0.393. The zero-order valence-electron chi connectivity index (χ0n) is 15.4. The molecule has 1 aromatic heterocycles. The molecule has 0 saturated carbocycles. The van der Waals surface area contributed by atoms with Crippen molar-refractivity contribution in [2.24, 2.45) is 0 Å². The number of benzene rings is 1. The molecule has 2 aromatic rings. The van der Waals surface area contributed by atoms with Crippen molar-refractivity contribution in [3.05, 3.63) is 53.6 Å². The van der Waals surface area contributed by atoms with E-state index in [1.165, 1.54) is 44.1 Å². The largest absolute Gasteiger partial charge is 0.373 e. The molecular weight excluding hydrogens is 332 g/mol. The molecule has 0 spiro atoms. The maximum absolute atomic E-state index is 6.22. The van der Waals surface area contributed by atoms with Crippen LogP contribution in [0.25, 0.3) is 0 Å². The third-order valence-electron chi connectivity index (χ3n) is 4.55. The van der Waals surface area contributed by atoms with E-state index in [-0.39, 0.29) is 0 Å². The molecule has 0 amide bonds. The van der Waals surface area contributed by atoms with E-state index in [0.717, 1.165) is 24.4 Å². The molecule has 0 fully saturated rings. The lowest BCUT2D eigenvalue weighted by molar-refractivity contribution is 0.0250. The second-order valence-electron chi connectivity index (χ2n) is 6.71. The van der Waals surface area contributed by atoms with Crippen molar-refractivity contribution < 1.29 is 4.74 Å². The number of nitrogens with zero attached hydrogens (tertiary/aromatic N) is 2. The first-order valence-electron chi connectivity index (χ1n) is 9.59. The van der Waals surface area contributed by atoms with Gasteiger partial charge >= 0.3 is 0 Å². The first-order valence-corrected chi connectivity index (χ1v) is 9.97. The maximum Gasteiger partial charge on any atom is 0.0945 e. The molecule has 138 valence electrons. The number of ether oxygens (including phenoxy) is 1. The van der Waals surface area contributed by atoms with Crippen LogP contribution in [0, 0.1) is 0 Å². The number of aromatic nitrogens is 2. The number of rotatable bonds is 13. The van der Waals surface area contributed by atoms with Gasteiger partial charge in [0.1, 0.15) is 0 Å². The Kier molecular flexibility index (Phi) is 9.68. The molecular formula is C21H31ClN2O. The van der Waals surface area contributed by atoms with E-state index < -0.39 is 0 Å². The Morgan fingerprint density at radius 3 is 2.52 bits per heavy atom. The number of hydrogen-bond donors (Lipinski definition) is 0. The smallest absolute Gasteiger partial charge is 0.0945 e. The normalized spacial score (nSPS) is 12.4. The third-order valence-corrected chi connectivity index (χ3v) is 4.80. The van der Waals surface area contributed by atoms with Gasteiger partial charge in [0.05, 0.1) is 19.0 Å². The lowest BCUT2D eigenvalue weighted by Crippen LogP contribution is -2.16. The second kappa shape index (κ2) is 12.1. The van der Waals surface area contributed by atoms with Crippen LogP contribution in [0.4, 0.5) is 0 Å². The predicted octanol–water partition coefficient (Wildman–Crippen LogP) is 6.26. The van der Waals surface area contributed by atoms with Gasteiger partial charge in [-0.2, -0.15) is 0 Å². The van der Waals surface area contributed by atoms with E-state index in [4.69, 9.17) is 16.3 Å². The molecule has 1 unspecified atom stereocenters. The predicted molar refractivity (Wildman–Crippen MR) is 105 cm³/mol. The van der Waals surface area contributed by atoms with Gasteiger partial charge in [0.25, 0.3) is 0 Å². The Hall–Kier alpha value is -1.32. The van der Waals surface area contributed by atoms with Crippen molar-refractivity contribution in [3.63, 3.8) is 0 Å². The molecule has 0 bridgehead atoms. The fourth-order valence-electron chi connectivity index (χ4n) is 2.97. The fraction of sp³-hybridized carbons (Fsp3) is 0.571. The summed E-state index contributed by atoms with van der Waals surface area (Å²) in [5.74, 6) is 0. The lowest BCUT2D eigenvalue weighted by atomic mass is 10.1. The van der Waals surface area contributed by atoms with Gasteiger partial charge in [0, 0.05) is 24.0 Å². The standard InChI is InChI=1S/C21H31ClN2O/c1-2-3-4-5-6-7-8-21(13-15-24-16-14-23-18-24)25-17-19-9-11-20(22)12-10-19/h9-12,14,16,18,21H,2-8,13,15,17H2,1H3. The topological polar surface area (TPSA) is 27.1 Å². The van der Waals surface area contributed by atoms with Gasteiger partial charge in [-0.3, -0.25) is 0 Å². The van der Waals surface area contributed by atoms with Crippen LogP contribution >= 0.6 is 11.6 Å². The molecule has 0 saturated heterocycles. The second-order valence-corrected chi connectivity index (χ2v) is 7.14. The summed E-state index contributed by atoms with van der Waals surface area (Å²) in [4.78, 5) is 4.12. The minimum atomic E-state index is 0.296. The van der Waals surface area contributed by atoms with E-state index >= 15 is 0 Å². The van der Waals surface area contributed by atoms with Crippen LogP contribution < -0.4 is 0 Å². The number of unbranched alkanes of at least 4 members (excludes halogenated alkanes) is 5. The summed E-state index contributed by atoms with van der Waals surface area (Å²) < 4.78 is 8.34. The molecule has 1 heterocycles. The van der Waals surface area contributed by atoms with E-state index in [1.54, 1.807) is 0 Å². The van der Waals surface area contributed by atoms with Crippen molar-refractivity contribution in [1.29, 1.82) is 0 Å². The van der Waals surface area contributed by atoms with Gasteiger partial charge in [-0.15, -0.1) is 0 Å². The first-order chi connectivity index (χ1) is 12.3. The minimum Gasteiger partial charge on any atom is -0.373 e. The highest BCUT2D eigenvalue weighted by Gasteiger charge is 2.10. The van der Waals surface area contributed by atoms with Crippen molar-refractivity contribution in [3.8, 4) is 0 Å². The molecule has 2 rings (SSSR count). The molecule has 1 aromatic carbocycles. The van der Waals surface area contributed by atoms with E-state index in [1.807, 2.05) is 43.0 Å². The average Bonchev–Trinajstić information content (AvgIpc) is 3.14. The van der Waals surface area contributed by atoms with Crippen molar-refractivity contribution in [2.75, 3.05) is 0 Å². The van der Waals surface area contributed by atoms with Crippen LogP contribution in [0.2, 0.25) is 5.02 Å². The fourth-order valence-corrected chi connectivity index (χ4v) is 3.10. The molecule has 0 aliphatic carbocycles. The van der Waals surface area contributed by atoms with Crippen molar-refractivity contribution >= 4 is 11.6 Å². The van der Waals surface area contributed by atoms with Crippen LogP contribution in [0.5, 0.6) is 0 Å². The highest BCUT2D eigenvalue weighted by Crippen LogP contribution is 2.17. The van der Waals surface area contributed by atoms with Crippen LogP contribution in [0.1, 0.15) is 63.9 Å². The molecule has 1 atom stereocenters. The minimum absolute atomic E-state index is 0.296. The Bertz CT molecular complexity index is 554. The SMILES string of the molecule is CCCCCCCCC(CCn1ccnc1)OCc1ccc(Cl)cc1. The molecule has 0 radical (unpaired) electrons. The van der Waals surface area contributed by atoms with Gasteiger partial charge in [-0.1, -0.05) is 69.2 Å². The summed E-state index contributed by atoms with van der Waals surface area (Å²) in [6.45, 7) is 3.87. The summed E-state index contributed by atoms with van der Waals surface area (Å²) in [5.41, 5.74) is 1.18. The Morgan fingerprint density at radius 1 is 1.04 bits per heavy atom. The number of hydrogen-bond acceptors (Lipinski definition) is 2. The molecule has 0 aliphatic rings. The zero-order valence-corrected chi connectivity index (χ0v) is 16.1. The molecule has 3 nitrogen and oxygen atoms in total. The third kappa shape index (κ3) is 8.55. The van der Waals surface area contributed by atoms with Crippen LogP contribution in [-0.2, 0) is 17.9 Å². The summed E-state index contributed by atoms with van der Waals surface area (Å²) in [6, 6.07) is 7.93. The zero-order chi connectivity index (χ0) is 17.7. The van der Waals surface area contributed by atoms with Crippen LogP contribution in [-0.4, -0.2) is 15.7 Å². The highest BCUT2D eigenvalue weighted by molar-refractivity contribution is 6.30. The monoisotopic (exact) mass is 362 g/mol. The molecule has 25 heavy (non-hydrogen) atoms. The van der Waals surface area contributed by atoms with Crippen LogP contribution in [0.15, 0.2) is 43.0 Å². The molecule has 4 heteroatoms. The first kappa shape index (κ1) is 20.0. The number of imidazole rings is 1. The number of aryl methyl sites for hydroxylation is 1. The van der Waals surface area contributed by atoms with Gasteiger partial charge < -0.3 is 9.30 Å². The average molecular weight is 363 g/mol. The molecule has 0 N–H and O–H groups in total. The number of halogens is 1. The highest BCUT2D eigenvalue weighted by atomic mass is 35.5. The van der Waals surface area contributed by atoms with E-state index in [2.05, 4.69) is 16.5 Å². The van der Waals surface area contributed by atoms with Crippen LogP contribution in [0.3, 0.4) is 0 Å². The van der Waals surface area contributed by atoms with Gasteiger partial charge in [0.2, 0.25) is 0 Å². The van der Waals surface area contributed by atoms with E-state index in [9.17, 15) is 0 Å². The van der Waals surface area contributed by atoms with Crippen molar-refractivity contribution in [2.45, 2.75) is 77.5 Å². The Morgan fingerprint density at radius 2 is 1.80 bits per heavy atom. The molecule has 0 aliphatic heterocycles. The summed E-state index contributed by atoms with van der Waals surface area (Å²) in [7, 11) is 0. The van der Waals surface area contributed by atoms with Gasteiger partial charge in [-0.05, 0) is 30.5 Å². The van der Waals surface area contributed by atoms with E-state index in [0.29, 0.717) is 12.7 Å². The maximum atomic E-state index is 6.22. The lowest BCUT2D eigenvalue weighted by Gasteiger charge is -2.18.